The van der Waals surface area contributed by atoms with E-state index in [9.17, 15) is 13.2 Å². The first-order valence-electron chi connectivity index (χ1n) is 4.90. The fraction of sp³-hybridized carbons (Fsp3) is 0.400. The van der Waals surface area contributed by atoms with E-state index in [1.807, 2.05) is 19.1 Å². The summed E-state index contributed by atoms with van der Waals surface area (Å²) in [5.74, 6) is 0.0711. The lowest BCUT2D eigenvalue weighted by atomic mass is 10.3. The molecule has 0 aliphatic heterocycles. The Balaban J connectivity index is 2.76. The van der Waals surface area contributed by atoms with Gasteiger partial charge in [-0.1, -0.05) is 12.2 Å². The average Bonchev–Trinajstić information content (AvgIpc) is 2.22. The number of alkyl halides is 3. The van der Waals surface area contributed by atoms with Crippen LogP contribution in [0.15, 0.2) is 18.2 Å². The highest BCUT2D eigenvalue weighted by atomic mass is 35.5. The van der Waals surface area contributed by atoms with Gasteiger partial charge in [-0.15, -0.1) is 0 Å². The van der Waals surface area contributed by atoms with Gasteiger partial charge >= 0.3 is 6.18 Å². The van der Waals surface area contributed by atoms with E-state index in [2.05, 4.69) is 15.3 Å². The minimum Gasteiger partial charge on any atom is -0.370 e. The molecule has 0 bridgehead atoms. The Hall–Kier alpha value is -1.30. The summed E-state index contributed by atoms with van der Waals surface area (Å²) in [5.41, 5.74) is -1.05. The second kappa shape index (κ2) is 5.86. The van der Waals surface area contributed by atoms with Crippen LogP contribution < -0.4 is 5.32 Å². The standard InChI is InChI=1S/C10H11ClF3N3/c1-2-3-4-5-15-8-6-7(10(12,13)14)16-9(11)17-8/h2-3,6H,4-5H2,1H3,(H,15,16,17)/b3-2+. The lowest BCUT2D eigenvalue weighted by molar-refractivity contribution is -0.141. The molecule has 1 N–H and O–H groups in total. The molecule has 0 aliphatic rings. The van der Waals surface area contributed by atoms with Crippen LogP contribution in [0.25, 0.3) is 0 Å². The number of hydrogen-bond donors (Lipinski definition) is 1. The third-order valence-corrected chi connectivity index (χ3v) is 2.01. The first kappa shape index (κ1) is 13.8. The Labute approximate surface area is 102 Å². The monoisotopic (exact) mass is 265 g/mol. The molecule has 17 heavy (non-hydrogen) atoms. The van der Waals surface area contributed by atoms with Crippen molar-refractivity contribution in [2.24, 2.45) is 0 Å². The quantitative estimate of drug-likeness (QED) is 0.514. The maximum Gasteiger partial charge on any atom is 0.433 e. The minimum atomic E-state index is -4.52. The molecule has 1 aromatic heterocycles. The number of halogens is 4. The Morgan fingerprint density at radius 3 is 2.71 bits per heavy atom. The van der Waals surface area contributed by atoms with Crippen molar-refractivity contribution in [3.63, 3.8) is 0 Å². The molecule has 94 valence electrons. The number of nitrogens with zero attached hydrogens (tertiary/aromatic N) is 2. The summed E-state index contributed by atoms with van der Waals surface area (Å²) < 4.78 is 37.2. The zero-order valence-corrected chi connectivity index (χ0v) is 9.81. The molecule has 3 nitrogen and oxygen atoms in total. The molecular formula is C10H11ClF3N3. The predicted octanol–water partition coefficient (Wildman–Crippen LogP) is 3.53. The summed E-state index contributed by atoms with van der Waals surface area (Å²) in [4.78, 5) is 6.79. The van der Waals surface area contributed by atoms with Gasteiger partial charge in [0, 0.05) is 12.6 Å². The molecular weight excluding hydrogens is 255 g/mol. The minimum absolute atomic E-state index is 0.0711. The van der Waals surface area contributed by atoms with Crippen LogP contribution in [-0.2, 0) is 6.18 Å². The SMILES string of the molecule is C/C=C/CCNc1cc(C(F)(F)F)nc(Cl)n1. The van der Waals surface area contributed by atoms with Gasteiger partial charge in [-0.3, -0.25) is 0 Å². The Kier molecular flexibility index (Phi) is 4.74. The van der Waals surface area contributed by atoms with Crippen molar-refractivity contribution in [3.8, 4) is 0 Å². The number of allylic oxidation sites excluding steroid dienone is 1. The van der Waals surface area contributed by atoms with E-state index in [4.69, 9.17) is 11.6 Å². The summed E-state index contributed by atoms with van der Waals surface area (Å²) in [6.07, 6.45) is -0.0813. The molecule has 1 rings (SSSR count). The molecule has 0 amide bonds. The lowest BCUT2D eigenvalue weighted by Gasteiger charge is -2.09. The molecule has 0 radical (unpaired) electrons. The van der Waals surface area contributed by atoms with Gasteiger partial charge in [-0.2, -0.15) is 13.2 Å². The van der Waals surface area contributed by atoms with Crippen molar-refractivity contribution in [3.05, 3.63) is 29.2 Å². The number of rotatable bonds is 4. The summed E-state index contributed by atoms with van der Waals surface area (Å²) in [6.45, 7) is 2.35. The van der Waals surface area contributed by atoms with Crippen molar-refractivity contribution in [1.82, 2.24) is 9.97 Å². The van der Waals surface area contributed by atoms with E-state index in [0.717, 1.165) is 6.07 Å². The summed E-state index contributed by atoms with van der Waals surface area (Å²) in [5, 5.41) is 2.32. The van der Waals surface area contributed by atoms with Crippen LogP contribution in [0.5, 0.6) is 0 Å². The van der Waals surface area contributed by atoms with Gasteiger partial charge in [0.25, 0.3) is 0 Å². The highest BCUT2D eigenvalue weighted by Crippen LogP contribution is 2.29. The van der Waals surface area contributed by atoms with Crippen molar-refractivity contribution < 1.29 is 13.2 Å². The summed E-state index contributed by atoms with van der Waals surface area (Å²) >= 11 is 5.42. The second-order valence-corrected chi connectivity index (χ2v) is 3.53. The number of anilines is 1. The third-order valence-electron chi connectivity index (χ3n) is 1.84. The number of aromatic nitrogens is 2. The van der Waals surface area contributed by atoms with Crippen LogP contribution in [0, 0.1) is 0 Å². The zero-order valence-electron chi connectivity index (χ0n) is 9.05. The molecule has 0 fully saturated rings. The summed E-state index contributed by atoms with van der Waals surface area (Å²) in [6, 6.07) is 0.835. The van der Waals surface area contributed by atoms with E-state index >= 15 is 0 Å². The van der Waals surface area contributed by atoms with E-state index in [1.165, 1.54) is 0 Å². The predicted molar refractivity (Wildman–Crippen MR) is 60.0 cm³/mol. The van der Waals surface area contributed by atoms with E-state index in [0.29, 0.717) is 13.0 Å². The van der Waals surface area contributed by atoms with Crippen LogP contribution >= 0.6 is 11.6 Å². The van der Waals surface area contributed by atoms with Crippen molar-refractivity contribution >= 4 is 17.4 Å². The molecule has 0 spiro atoms. The first-order chi connectivity index (χ1) is 7.93. The molecule has 0 aromatic carbocycles. The Bertz CT molecular complexity index is 404. The Morgan fingerprint density at radius 1 is 1.41 bits per heavy atom. The maximum atomic E-state index is 12.4. The van der Waals surface area contributed by atoms with Crippen molar-refractivity contribution in [2.45, 2.75) is 19.5 Å². The number of nitrogens with one attached hydrogen (secondary N) is 1. The average molecular weight is 266 g/mol. The Morgan fingerprint density at radius 2 is 2.12 bits per heavy atom. The lowest BCUT2D eigenvalue weighted by Crippen LogP contribution is -2.11. The van der Waals surface area contributed by atoms with Gasteiger partial charge in [-0.05, 0) is 24.9 Å². The van der Waals surface area contributed by atoms with Crippen LogP contribution in [0.3, 0.4) is 0 Å². The van der Waals surface area contributed by atoms with Crippen LogP contribution in [0.1, 0.15) is 19.0 Å². The smallest absolute Gasteiger partial charge is 0.370 e. The molecule has 0 atom stereocenters. The maximum absolute atomic E-state index is 12.4. The second-order valence-electron chi connectivity index (χ2n) is 3.19. The first-order valence-corrected chi connectivity index (χ1v) is 5.28. The highest BCUT2D eigenvalue weighted by molar-refractivity contribution is 6.28. The van der Waals surface area contributed by atoms with E-state index in [1.54, 1.807) is 0 Å². The van der Waals surface area contributed by atoms with Crippen LogP contribution in [0.2, 0.25) is 5.28 Å². The normalized spacial score (nSPS) is 12.1. The molecule has 1 aromatic rings. The largest absolute Gasteiger partial charge is 0.433 e. The van der Waals surface area contributed by atoms with E-state index < -0.39 is 17.2 Å². The van der Waals surface area contributed by atoms with Crippen LogP contribution in [0.4, 0.5) is 19.0 Å². The third kappa shape index (κ3) is 4.60. The fourth-order valence-electron chi connectivity index (χ4n) is 1.10. The molecule has 0 unspecified atom stereocenters. The molecule has 1 heterocycles. The molecule has 7 heteroatoms. The van der Waals surface area contributed by atoms with Gasteiger partial charge in [0.15, 0.2) is 5.69 Å². The van der Waals surface area contributed by atoms with Crippen LogP contribution in [-0.4, -0.2) is 16.5 Å². The fourth-order valence-corrected chi connectivity index (χ4v) is 1.29. The van der Waals surface area contributed by atoms with E-state index in [-0.39, 0.29) is 5.82 Å². The van der Waals surface area contributed by atoms with Gasteiger partial charge in [0.1, 0.15) is 5.82 Å². The van der Waals surface area contributed by atoms with Crippen molar-refractivity contribution in [1.29, 1.82) is 0 Å². The van der Waals surface area contributed by atoms with Crippen molar-refractivity contribution in [2.75, 3.05) is 11.9 Å². The molecule has 0 aliphatic carbocycles. The molecule has 0 saturated heterocycles. The van der Waals surface area contributed by atoms with Gasteiger partial charge in [0.2, 0.25) is 5.28 Å². The topological polar surface area (TPSA) is 37.8 Å². The number of hydrogen-bond acceptors (Lipinski definition) is 3. The van der Waals surface area contributed by atoms with Gasteiger partial charge in [0.05, 0.1) is 0 Å². The highest BCUT2D eigenvalue weighted by Gasteiger charge is 2.33. The van der Waals surface area contributed by atoms with Gasteiger partial charge in [-0.25, -0.2) is 9.97 Å². The zero-order chi connectivity index (χ0) is 12.9. The van der Waals surface area contributed by atoms with Gasteiger partial charge < -0.3 is 5.32 Å². The summed E-state index contributed by atoms with van der Waals surface area (Å²) in [7, 11) is 0. The molecule has 0 saturated carbocycles.